The van der Waals surface area contributed by atoms with Crippen molar-refractivity contribution in [3.63, 3.8) is 0 Å². The minimum Gasteiger partial charge on any atom is -0.465 e. The lowest BCUT2D eigenvalue weighted by molar-refractivity contribution is -0.157. The molecule has 0 heterocycles. The maximum Gasteiger partial charge on any atom is 0.325 e. The van der Waals surface area contributed by atoms with Gasteiger partial charge >= 0.3 is 5.97 Å². The van der Waals surface area contributed by atoms with Gasteiger partial charge in [0.05, 0.1) is 12.7 Å². The van der Waals surface area contributed by atoms with Gasteiger partial charge in [-0.05, 0) is 29.3 Å². The van der Waals surface area contributed by atoms with Crippen LogP contribution in [-0.2, 0) is 23.4 Å². The topological polar surface area (TPSA) is 54.0 Å². The molecular weight excluding hydrogens is 512 g/mol. The summed E-state index contributed by atoms with van der Waals surface area (Å²) in [6, 6.07) is 21.0. The second-order valence-corrected chi connectivity index (χ2v) is 15.7. The molecule has 7 heteroatoms. The molecule has 3 atom stereocenters. The molecule has 0 aliphatic rings. The van der Waals surface area contributed by atoms with Crippen LogP contribution in [0.25, 0.3) is 0 Å². The molecule has 0 aromatic heterocycles. The summed E-state index contributed by atoms with van der Waals surface area (Å²) < 4.78 is 22.5. The monoisotopic (exact) mass is 550 g/mol. The van der Waals surface area contributed by atoms with Crippen molar-refractivity contribution in [3.05, 3.63) is 60.7 Å². The first-order valence-corrected chi connectivity index (χ1v) is 14.4. The van der Waals surface area contributed by atoms with Crippen molar-refractivity contribution in [3.8, 4) is 0 Å². The van der Waals surface area contributed by atoms with Gasteiger partial charge in [0.2, 0.25) is 0 Å². The lowest BCUT2D eigenvalue weighted by atomic mass is 9.93. The Morgan fingerprint density at radius 2 is 1.47 bits per heavy atom. The Balaban J connectivity index is 2.48. The van der Waals surface area contributed by atoms with E-state index in [1.54, 1.807) is 21.0 Å². The Hall–Kier alpha value is -1.51. The summed E-state index contributed by atoms with van der Waals surface area (Å²) in [5, 5.41) is 2.28. The molecule has 2 aromatic rings. The molecule has 2 rings (SSSR count). The maximum atomic E-state index is 12.8. The molecule has 0 amide bonds. The van der Waals surface area contributed by atoms with E-state index in [4.69, 9.17) is 18.6 Å². The van der Waals surface area contributed by atoms with Gasteiger partial charge in [-0.15, -0.1) is 0 Å². The van der Waals surface area contributed by atoms with Crippen LogP contribution in [0.5, 0.6) is 0 Å². The summed E-state index contributed by atoms with van der Waals surface area (Å²) in [7, 11) is -1.14. The van der Waals surface area contributed by atoms with Gasteiger partial charge in [0.1, 0.15) is 11.1 Å². The molecule has 2 aromatic carbocycles. The first kappa shape index (κ1) is 28.7. The normalized spacial score (nSPS) is 15.9. The van der Waals surface area contributed by atoms with Gasteiger partial charge in [-0.25, -0.2) is 0 Å². The highest BCUT2D eigenvalue weighted by molar-refractivity contribution is 9.10. The summed E-state index contributed by atoms with van der Waals surface area (Å²) >= 11 is 3.60. The Kier molecular flexibility index (Phi) is 10.5. The smallest absolute Gasteiger partial charge is 0.325 e. The third-order valence-corrected chi connectivity index (χ3v) is 11.9. The third kappa shape index (κ3) is 6.37. The van der Waals surface area contributed by atoms with E-state index in [0.717, 1.165) is 0 Å². The fourth-order valence-electron chi connectivity index (χ4n) is 4.49. The van der Waals surface area contributed by atoms with Gasteiger partial charge < -0.3 is 18.6 Å². The van der Waals surface area contributed by atoms with E-state index >= 15 is 0 Å². The van der Waals surface area contributed by atoms with Crippen LogP contribution in [0.4, 0.5) is 0 Å². The van der Waals surface area contributed by atoms with Crippen molar-refractivity contribution >= 4 is 40.6 Å². The van der Waals surface area contributed by atoms with Gasteiger partial charge in [0.15, 0.2) is 0 Å². The maximum absolute atomic E-state index is 12.8. The van der Waals surface area contributed by atoms with Crippen LogP contribution >= 0.6 is 15.9 Å². The zero-order valence-electron chi connectivity index (χ0n) is 21.5. The average Bonchev–Trinajstić information content (AvgIpc) is 2.80. The average molecular weight is 552 g/mol. The van der Waals surface area contributed by atoms with Crippen LogP contribution in [0.2, 0.25) is 5.04 Å². The van der Waals surface area contributed by atoms with Crippen molar-refractivity contribution in [1.29, 1.82) is 0 Å². The third-order valence-electron chi connectivity index (χ3n) is 6.07. The molecule has 0 unspecified atom stereocenters. The van der Waals surface area contributed by atoms with Gasteiger partial charge in [0, 0.05) is 19.6 Å². The Morgan fingerprint density at radius 3 is 1.88 bits per heavy atom. The number of esters is 1. The van der Waals surface area contributed by atoms with Gasteiger partial charge in [0.25, 0.3) is 8.32 Å². The second kappa shape index (κ2) is 12.4. The second-order valence-electron chi connectivity index (χ2n) is 9.74. The number of alkyl halides is 1. The number of halogens is 1. The number of hydrogen-bond acceptors (Lipinski definition) is 5. The molecule has 0 saturated heterocycles. The van der Waals surface area contributed by atoms with E-state index in [1.165, 1.54) is 10.4 Å². The van der Waals surface area contributed by atoms with Crippen molar-refractivity contribution < 1.29 is 23.4 Å². The first-order valence-electron chi connectivity index (χ1n) is 11.7. The van der Waals surface area contributed by atoms with Crippen LogP contribution < -0.4 is 10.4 Å². The molecular formula is C27H39BrO5Si. The van der Waals surface area contributed by atoms with Crippen molar-refractivity contribution in [2.75, 3.05) is 27.1 Å². The molecule has 0 N–H and O–H groups in total. The predicted octanol–water partition coefficient (Wildman–Crippen LogP) is 4.90. The lowest BCUT2D eigenvalue weighted by Crippen LogP contribution is -2.67. The van der Waals surface area contributed by atoms with E-state index in [9.17, 15) is 4.79 Å². The minimum atomic E-state index is -2.71. The van der Waals surface area contributed by atoms with Crippen LogP contribution in [0.3, 0.4) is 0 Å². The Labute approximate surface area is 214 Å². The van der Waals surface area contributed by atoms with Gasteiger partial charge in [-0.3, -0.25) is 4.79 Å². The molecule has 0 bridgehead atoms. The number of rotatable bonds is 12. The molecule has 34 heavy (non-hydrogen) atoms. The highest BCUT2D eigenvalue weighted by Gasteiger charge is 2.51. The van der Waals surface area contributed by atoms with E-state index < -0.39 is 18.7 Å². The fourth-order valence-corrected chi connectivity index (χ4v) is 9.86. The number of methoxy groups -OCH3 is 1. The number of benzene rings is 2. The van der Waals surface area contributed by atoms with E-state index in [2.05, 4.69) is 85.2 Å². The molecule has 0 saturated carbocycles. The van der Waals surface area contributed by atoms with Gasteiger partial charge in [-0.1, -0.05) is 104 Å². The molecule has 0 radical (unpaired) electrons. The number of carbonyl (C=O) groups excluding carboxylic acids is 1. The van der Waals surface area contributed by atoms with Crippen molar-refractivity contribution in [2.24, 2.45) is 5.92 Å². The van der Waals surface area contributed by atoms with E-state index in [1.807, 2.05) is 19.1 Å². The predicted molar refractivity (Wildman–Crippen MR) is 143 cm³/mol. The highest BCUT2D eigenvalue weighted by atomic mass is 79.9. The van der Waals surface area contributed by atoms with Gasteiger partial charge in [-0.2, -0.15) is 0 Å². The number of hydrogen-bond donors (Lipinski definition) is 0. The first-order chi connectivity index (χ1) is 16.0. The molecule has 0 fully saturated rings. The summed E-state index contributed by atoms with van der Waals surface area (Å²) in [4.78, 5) is 12.8. The Morgan fingerprint density at radius 1 is 0.971 bits per heavy atom. The van der Waals surface area contributed by atoms with Crippen molar-refractivity contribution in [1.82, 2.24) is 0 Å². The lowest BCUT2D eigenvalue weighted by Gasteiger charge is -2.44. The van der Waals surface area contributed by atoms with E-state index in [-0.39, 0.29) is 23.7 Å². The van der Waals surface area contributed by atoms with E-state index in [0.29, 0.717) is 13.2 Å². The van der Waals surface area contributed by atoms with Crippen LogP contribution in [-0.4, -0.2) is 51.8 Å². The highest BCUT2D eigenvalue weighted by Crippen LogP contribution is 2.38. The number of ether oxygens (including phenoxy) is 3. The molecule has 0 spiro atoms. The summed E-state index contributed by atoms with van der Waals surface area (Å²) in [5.74, 6) is -0.501. The Bertz CT molecular complexity index is 843. The molecule has 188 valence electrons. The molecule has 5 nitrogen and oxygen atoms in total. The summed E-state index contributed by atoms with van der Waals surface area (Å²) in [5.41, 5.74) is 0. The van der Waals surface area contributed by atoms with Crippen LogP contribution in [0, 0.1) is 5.92 Å². The zero-order chi connectivity index (χ0) is 25.4. The number of carbonyl (C=O) groups is 1. The SMILES string of the molecule is CCOC(=O)[C@@](C)(Br)[C@H](OCOC)[C@@H](C)CO[Si](c1ccccc1)(c1ccccc1)C(C)(C)C. The largest absolute Gasteiger partial charge is 0.465 e. The molecule has 0 aliphatic carbocycles. The molecule has 0 aliphatic heterocycles. The standard InChI is InChI=1S/C27H39BrO5Si/c1-8-31-25(29)27(6,28)24(32-20-30-7)21(2)19-33-34(26(3,4)5,22-15-11-9-12-16-22)23-17-13-10-14-18-23/h9-18,21,24H,8,19-20H2,1-7H3/t21-,24+,27-/m0/s1. The summed E-state index contributed by atoms with van der Waals surface area (Å²) in [6.07, 6.45) is -0.523. The van der Waals surface area contributed by atoms with Crippen LogP contribution in [0.1, 0.15) is 41.5 Å². The quantitative estimate of drug-likeness (QED) is 0.163. The van der Waals surface area contributed by atoms with Crippen LogP contribution in [0.15, 0.2) is 60.7 Å². The summed E-state index contributed by atoms with van der Waals surface area (Å²) in [6.45, 7) is 13.1. The minimum absolute atomic E-state index is 0.0643. The fraction of sp³-hybridized carbons (Fsp3) is 0.519. The van der Waals surface area contributed by atoms with Crippen molar-refractivity contribution in [2.45, 2.75) is 57.0 Å². The zero-order valence-corrected chi connectivity index (χ0v) is 24.1.